The molecule has 5 N–H and O–H groups in total. The summed E-state index contributed by atoms with van der Waals surface area (Å²) >= 11 is 0. The number of nitrogens with zero attached hydrogens (tertiary/aromatic N) is 1. The number of nitrogens with one attached hydrogen (secondary N) is 1. The van der Waals surface area contributed by atoms with Gasteiger partial charge in [-0.3, -0.25) is 5.43 Å². The van der Waals surface area contributed by atoms with Gasteiger partial charge in [0.15, 0.2) is 0 Å². The minimum absolute atomic E-state index is 0.516. The number of anilines is 1. The Labute approximate surface area is 102 Å². The van der Waals surface area contributed by atoms with Crippen LogP contribution in [-0.2, 0) is 12.8 Å². The third-order valence-electron chi connectivity index (χ3n) is 2.76. The van der Waals surface area contributed by atoms with Crippen molar-refractivity contribution in [3.05, 3.63) is 28.8 Å². The number of urea groups is 1. The van der Waals surface area contributed by atoms with E-state index in [0.29, 0.717) is 0 Å². The summed E-state index contributed by atoms with van der Waals surface area (Å²) in [5.41, 5.74) is 6.06. The van der Waals surface area contributed by atoms with Crippen LogP contribution in [0.25, 0.3) is 0 Å². The Morgan fingerprint density at radius 3 is 2.12 bits per heavy atom. The molecule has 0 atom stereocenters. The maximum absolute atomic E-state index is 11.5. The second-order valence-electron chi connectivity index (χ2n) is 3.96. The highest BCUT2D eigenvalue weighted by atomic mass is 16.2. The van der Waals surface area contributed by atoms with Crippen molar-refractivity contribution in [1.82, 2.24) is 5.43 Å². The van der Waals surface area contributed by atoms with Gasteiger partial charge in [0, 0.05) is 0 Å². The molecule has 2 amide bonds. The molecule has 0 aromatic heterocycles. The maximum atomic E-state index is 11.5. The molecule has 0 spiro atoms. The Kier molecular flexibility index (Phi) is 4.48. The summed E-state index contributed by atoms with van der Waals surface area (Å²) < 4.78 is 0. The van der Waals surface area contributed by atoms with Gasteiger partial charge in [0.2, 0.25) is 0 Å². The monoisotopic (exact) mass is 236 g/mol. The number of hydrogen-bond donors (Lipinski definition) is 3. The Balaban J connectivity index is 3.33. The SMILES string of the molecule is CCc1cc(C)cc(CC)c1N(N)C(=O)NN. The topological polar surface area (TPSA) is 84.4 Å². The van der Waals surface area contributed by atoms with Crippen LogP contribution in [0, 0.1) is 6.92 Å². The van der Waals surface area contributed by atoms with Crippen LogP contribution < -0.4 is 22.1 Å². The van der Waals surface area contributed by atoms with E-state index in [2.05, 4.69) is 0 Å². The molecule has 1 aromatic rings. The predicted molar refractivity (Wildman–Crippen MR) is 69.3 cm³/mol. The maximum Gasteiger partial charge on any atom is 0.350 e. The van der Waals surface area contributed by atoms with Gasteiger partial charge in [0.25, 0.3) is 0 Å². The van der Waals surface area contributed by atoms with Crippen molar-refractivity contribution in [3.8, 4) is 0 Å². The number of carbonyl (C=O) groups excluding carboxylic acids is 1. The van der Waals surface area contributed by atoms with Gasteiger partial charge in [-0.15, -0.1) is 0 Å². The van der Waals surface area contributed by atoms with E-state index in [9.17, 15) is 4.79 Å². The van der Waals surface area contributed by atoms with Crippen molar-refractivity contribution in [2.24, 2.45) is 11.7 Å². The van der Waals surface area contributed by atoms with E-state index in [0.717, 1.165) is 34.7 Å². The number of benzene rings is 1. The van der Waals surface area contributed by atoms with Crippen molar-refractivity contribution in [2.45, 2.75) is 33.6 Å². The molecule has 5 heteroatoms. The Hall–Kier alpha value is -1.59. The summed E-state index contributed by atoms with van der Waals surface area (Å²) in [5.74, 6) is 10.9. The van der Waals surface area contributed by atoms with Crippen molar-refractivity contribution < 1.29 is 4.79 Å². The average molecular weight is 236 g/mol. The molecule has 0 aliphatic rings. The highest BCUT2D eigenvalue weighted by Crippen LogP contribution is 2.26. The van der Waals surface area contributed by atoms with E-state index in [1.165, 1.54) is 5.56 Å². The standard InChI is InChI=1S/C12H20N4O/c1-4-9-6-8(3)7-10(5-2)11(9)16(14)12(17)15-13/h6-7H,4-5,13-14H2,1-3H3,(H,15,17). The largest absolute Gasteiger partial charge is 0.350 e. The third-order valence-corrected chi connectivity index (χ3v) is 2.76. The number of carbonyl (C=O) groups is 1. The average Bonchev–Trinajstić information content (AvgIpc) is 2.35. The lowest BCUT2D eigenvalue weighted by Gasteiger charge is -2.22. The van der Waals surface area contributed by atoms with E-state index >= 15 is 0 Å². The number of hydrazine groups is 2. The summed E-state index contributed by atoms with van der Waals surface area (Å²) in [4.78, 5) is 11.5. The number of nitrogens with two attached hydrogens (primary N) is 2. The van der Waals surface area contributed by atoms with Crippen LogP contribution in [0.5, 0.6) is 0 Å². The first kappa shape index (κ1) is 13.5. The summed E-state index contributed by atoms with van der Waals surface area (Å²) in [7, 11) is 0. The Morgan fingerprint density at radius 1 is 1.29 bits per heavy atom. The van der Waals surface area contributed by atoms with E-state index in [1.807, 2.05) is 38.3 Å². The third kappa shape index (κ3) is 2.75. The van der Waals surface area contributed by atoms with Gasteiger partial charge in [0.05, 0.1) is 5.69 Å². The van der Waals surface area contributed by atoms with Crippen LogP contribution in [0.3, 0.4) is 0 Å². The normalized spacial score (nSPS) is 10.2. The second kappa shape index (κ2) is 5.65. The van der Waals surface area contributed by atoms with Crippen molar-refractivity contribution >= 4 is 11.7 Å². The van der Waals surface area contributed by atoms with Crippen molar-refractivity contribution in [3.63, 3.8) is 0 Å². The quantitative estimate of drug-likeness (QED) is 0.421. The van der Waals surface area contributed by atoms with Gasteiger partial charge in [-0.2, -0.15) is 0 Å². The first-order chi connectivity index (χ1) is 8.04. The molecule has 17 heavy (non-hydrogen) atoms. The Morgan fingerprint density at radius 2 is 1.76 bits per heavy atom. The minimum atomic E-state index is -0.516. The fourth-order valence-corrected chi connectivity index (χ4v) is 1.95. The summed E-state index contributed by atoms with van der Waals surface area (Å²) in [6.45, 7) is 6.10. The van der Waals surface area contributed by atoms with E-state index in [-0.39, 0.29) is 0 Å². The number of aryl methyl sites for hydroxylation is 3. The molecule has 0 radical (unpaired) electrons. The van der Waals surface area contributed by atoms with Crippen molar-refractivity contribution in [2.75, 3.05) is 5.01 Å². The number of hydrogen-bond acceptors (Lipinski definition) is 3. The van der Waals surface area contributed by atoms with Crippen LogP contribution in [0.15, 0.2) is 12.1 Å². The lowest BCUT2D eigenvalue weighted by atomic mass is 9.99. The highest BCUT2D eigenvalue weighted by molar-refractivity contribution is 5.92. The van der Waals surface area contributed by atoms with E-state index < -0.39 is 6.03 Å². The molecule has 0 aliphatic carbocycles. The molecule has 0 fully saturated rings. The fraction of sp³-hybridized carbons (Fsp3) is 0.417. The molecule has 1 aromatic carbocycles. The van der Waals surface area contributed by atoms with E-state index in [4.69, 9.17) is 11.7 Å². The highest BCUT2D eigenvalue weighted by Gasteiger charge is 2.17. The minimum Gasteiger partial charge on any atom is -0.274 e. The molecule has 0 aliphatic heterocycles. The fourth-order valence-electron chi connectivity index (χ4n) is 1.95. The van der Waals surface area contributed by atoms with Gasteiger partial charge in [0.1, 0.15) is 0 Å². The van der Waals surface area contributed by atoms with Gasteiger partial charge in [-0.05, 0) is 30.9 Å². The van der Waals surface area contributed by atoms with Crippen LogP contribution >= 0.6 is 0 Å². The zero-order valence-electron chi connectivity index (χ0n) is 10.6. The van der Waals surface area contributed by atoms with Gasteiger partial charge >= 0.3 is 6.03 Å². The van der Waals surface area contributed by atoms with E-state index in [1.54, 1.807) is 0 Å². The molecule has 0 bridgehead atoms. The van der Waals surface area contributed by atoms with Gasteiger partial charge in [-0.1, -0.05) is 31.5 Å². The molecule has 0 heterocycles. The lowest BCUT2D eigenvalue weighted by Crippen LogP contribution is -2.48. The van der Waals surface area contributed by atoms with Gasteiger partial charge in [-0.25, -0.2) is 21.5 Å². The lowest BCUT2D eigenvalue weighted by molar-refractivity contribution is 0.246. The second-order valence-corrected chi connectivity index (χ2v) is 3.96. The summed E-state index contributed by atoms with van der Waals surface area (Å²) in [6.07, 6.45) is 1.63. The van der Waals surface area contributed by atoms with Crippen LogP contribution in [-0.4, -0.2) is 6.03 Å². The van der Waals surface area contributed by atoms with Crippen molar-refractivity contribution in [1.29, 1.82) is 0 Å². The molecule has 5 nitrogen and oxygen atoms in total. The van der Waals surface area contributed by atoms with Crippen LogP contribution in [0.4, 0.5) is 10.5 Å². The molecule has 0 saturated heterocycles. The first-order valence-electron chi connectivity index (χ1n) is 5.72. The zero-order valence-corrected chi connectivity index (χ0v) is 10.6. The molecular formula is C12H20N4O. The zero-order chi connectivity index (χ0) is 13.0. The predicted octanol–water partition coefficient (Wildman–Crippen LogP) is 1.38. The molecule has 0 unspecified atom stereocenters. The van der Waals surface area contributed by atoms with Gasteiger partial charge < -0.3 is 0 Å². The first-order valence-corrected chi connectivity index (χ1v) is 5.72. The van der Waals surface area contributed by atoms with Crippen LogP contribution in [0.2, 0.25) is 0 Å². The summed E-state index contributed by atoms with van der Waals surface area (Å²) in [5, 5.41) is 1.08. The molecule has 1 rings (SSSR count). The summed E-state index contributed by atoms with van der Waals surface area (Å²) in [6, 6.07) is 3.56. The Bertz CT molecular complexity index is 392. The van der Waals surface area contributed by atoms with Crippen LogP contribution in [0.1, 0.15) is 30.5 Å². The molecule has 94 valence electrons. The number of rotatable bonds is 3. The molecule has 0 saturated carbocycles. The molecular weight excluding hydrogens is 216 g/mol. The number of amides is 2. The smallest absolute Gasteiger partial charge is 0.274 e.